The van der Waals surface area contributed by atoms with E-state index in [2.05, 4.69) is 61.5 Å². The van der Waals surface area contributed by atoms with E-state index in [4.69, 9.17) is 35.2 Å². The van der Waals surface area contributed by atoms with Crippen LogP contribution in [0.4, 0.5) is 5.82 Å². The van der Waals surface area contributed by atoms with Gasteiger partial charge in [-0.2, -0.15) is 23.5 Å². The summed E-state index contributed by atoms with van der Waals surface area (Å²) in [4.78, 5) is 37.2. The van der Waals surface area contributed by atoms with E-state index in [0.29, 0.717) is 52.0 Å². The molecule has 1 aliphatic carbocycles. The predicted molar refractivity (Wildman–Crippen MR) is 216 cm³/mol. The maximum absolute atomic E-state index is 13.1. The third-order valence-electron chi connectivity index (χ3n) is 9.63. The molecule has 2 N–H and O–H groups in total. The van der Waals surface area contributed by atoms with E-state index in [1.165, 1.54) is 25.7 Å². The van der Waals surface area contributed by atoms with Gasteiger partial charge in [-0.3, -0.25) is 14.8 Å². The maximum atomic E-state index is 13.1. The summed E-state index contributed by atoms with van der Waals surface area (Å²) < 4.78 is 12.9. The number of hydrogen-bond donors (Lipinski definition) is 1. The van der Waals surface area contributed by atoms with Crippen LogP contribution in [0.2, 0.25) is 0 Å². The van der Waals surface area contributed by atoms with E-state index in [-0.39, 0.29) is 36.6 Å². The van der Waals surface area contributed by atoms with Crippen LogP contribution in [0.1, 0.15) is 111 Å². The summed E-state index contributed by atoms with van der Waals surface area (Å²) in [5.41, 5.74) is 11.0. The molecule has 1 amide bonds. The molecule has 0 aromatic carbocycles. The number of hydrogen-bond acceptors (Lipinski definition) is 9. The molecule has 0 bridgehead atoms. The Kier molecular flexibility index (Phi) is 17.0. The van der Waals surface area contributed by atoms with E-state index in [0.717, 1.165) is 77.2 Å². The lowest BCUT2D eigenvalue weighted by molar-refractivity contribution is -0.131. The van der Waals surface area contributed by atoms with Crippen LogP contribution in [0.3, 0.4) is 0 Å². The number of fused-ring (bicyclic) bond motifs is 1. The van der Waals surface area contributed by atoms with Gasteiger partial charge in [0, 0.05) is 47.7 Å². The number of aromatic nitrogens is 2. The summed E-state index contributed by atoms with van der Waals surface area (Å²) in [6, 6.07) is 0.531. The highest BCUT2D eigenvalue weighted by Gasteiger charge is 2.31. The molecule has 4 rings (SSSR count). The maximum Gasteiger partial charge on any atom is 0.318 e. The number of nitrogens with zero attached hydrogens (tertiary/aromatic N) is 6. The summed E-state index contributed by atoms with van der Waals surface area (Å²) in [6.45, 7) is 17.6. The monoisotopic (exact) mass is 773 g/mol. The fourth-order valence-electron chi connectivity index (χ4n) is 6.45. The van der Waals surface area contributed by atoms with Crippen LogP contribution < -0.4 is 15.4 Å². The zero-order valence-corrected chi connectivity index (χ0v) is 33.8. The standard InChI is InChI=1S/C38H58BrN7O3.H2S/c1-7-11-13-16-38(6,15-12-8-2)26-49-37-43-32-24-30(39)34(42-27(5)9-3)29(10-4)33(32)35(44-37)46-18-14-17-41-28(25-46)23-31(40)36(47)45-19-21-48-22-20-45;/h10,23-24,27H,7-9,11-22,25-26,40H2,1-6H3;1H2/b29-10-,31-23-,42-34?;. The van der Waals surface area contributed by atoms with Crippen molar-refractivity contribution in [1.82, 2.24) is 14.9 Å². The molecule has 1 saturated heterocycles. The van der Waals surface area contributed by atoms with Gasteiger partial charge >= 0.3 is 6.01 Å². The van der Waals surface area contributed by atoms with Crippen LogP contribution in [0.15, 0.2) is 32.3 Å². The van der Waals surface area contributed by atoms with Crippen LogP contribution in [0.5, 0.6) is 6.01 Å². The second-order valence-electron chi connectivity index (χ2n) is 13.8. The highest BCUT2D eigenvalue weighted by atomic mass is 79.9. The molecular formula is C38H60BrN7O3S. The van der Waals surface area contributed by atoms with Gasteiger partial charge < -0.3 is 25.0 Å². The highest BCUT2D eigenvalue weighted by molar-refractivity contribution is 9.12. The molecule has 0 spiro atoms. The Hall–Kier alpha value is -2.70. The second kappa shape index (κ2) is 20.4. The molecule has 50 heavy (non-hydrogen) atoms. The van der Waals surface area contributed by atoms with E-state index in [9.17, 15) is 4.79 Å². The van der Waals surface area contributed by atoms with Crippen molar-refractivity contribution in [3.8, 4) is 6.01 Å². The molecule has 2 atom stereocenters. The van der Waals surface area contributed by atoms with E-state index < -0.39 is 0 Å². The lowest BCUT2D eigenvalue weighted by atomic mass is 9.81. The van der Waals surface area contributed by atoms with Crippen molar-refractivity contribution in [1.29, 1.82) is 0 Å². The normalized spacial score (nSPS) is 20.3. The molecule has 1 aromatic heterocycles. The molecule has 0 saturated carbocycles. The number of nitrogens with two attached hydrogens (primary N) is 1. The lowest BCUT2D eigenvalue weighted by Crippen LogP contribution is -2.43. The Morgan fingerprint density at radius 3 is 2.54 bits per heavy atom. The second-order valence-corrected chi connectivity index (χ2v) is 14.7. The van der Waals surface area contributed by atoms with E-state index in [1.54, 1.807) is 11.0 Å². The number of carbonyl (C=O) groups is 1. The van der Waals surface area contributed by atoms with Gasteiger partial charge in [0.05, 0.1) is 54.7 Å². The molecule has 3 aliphatic rings. The number of rotatable bonds is 15. The molecule has 3 heterocycles. The third kappa shape index (κ3) is 11.1. The molecule has 10 nitrogen and oxygen atoms in total. The van der Waals surface area contributed by atoms with Crippen LogP contribution in [-0.4, -0.2) is 90.8 Å². The Morgan fingerprint density at radius 1 is 1.14 bits per heavy atom. The van der Waals surface area contributed by atoms with Crippen molar-refractivity contribution >= 4 is 64.2 Å². The largest absolute Gasteiger partial charge is 0.463 e. The number of halogens is 1. The average Bonchev–Trinajstić information content (AvgIpc) is 3.35. The van der Waals surface area contributed by atoms with Crippen LogP contribution in [-0.2, 0) is 9.53 Å². The molecule has 2 unspecified atom stereocenters. The first-order chi connectivity index (χ1) is 23.6. The Bertz CT molecular complexity index is 1450. The van der Waals surface area contributed by atoms with Gasteiger partial charge in [-0.25, -0.2) is 0 Å². The van der Waals surface area contributed by atoms with Crippen LogP contribution in [0, 0.1) is 5.41 Å². The summed E-state index contributed by atoms with van der Waals surface area (Å²) in [5, 5.41) is 0. The van der Waals surface area contributed by atoms with Crippen molar-refractivity contribution in [2.45, 2.75) is 105 Å². The summed E-state index contributed by atoms with van der Waals surface area (Å²) in [6.07, 6.45) is 15.8. The lowest BCUT2D eigenvalue weighted by Gasteiger charge is -2.31. The SMILES string of the molecule is C/C=C1\C(=NC(C)CC)C(Br)=Cc2nc(OCC(C)(CCCC)CCCCC)nc(N3CCCN=C(/C=C(\N)C(=O)N4CCOCC4)C3)c21.S. The van der Waals surface area contributed by atoms with Gasteiger partial charge in [0.1, 0.15) is 5.82 Å². The average molecular weight is 775 g/mol. The van der Waals surface area contributed by atoms with Crippen molar-refractivity contribution < 1.29 is 14.3 Å². The number of anilines is 1. The zero-order valence-electron chi connectivity index (χ0n) is 31.2. The third-order valence-corrected chi connectivity index (χ3v) is 10.2. The number of unbranched alkanes of at least 4 members (excludes halogenated alkanes) is 3. The minimum absolute atomic E-state index is 0. The molecule has 12 heteroatoms. The van der Waals surface area contributed by atoms with Crippen LogP contribution >= 0.6 is 29.4 Å². The van der Waals surface area contributed by atoms with E-state index in [1.807, 2.05) is 13.0 Å². The Balaban J connectivity index is 0.00000676. The van der Waals surface area contributed by atoms with Gasteiger partial charge in [-0.15, -0.1) is 0 Å². The summed E-state index contributed by atoms with van der Waals surface area (Å²) in [7, 11) is 0. The first kappa shape index (κ1) is 41.7. The smallest absolute Gasteiger partial charge is 0.318 e. The molecule has 0 radical (unpaired) electrons. The fourth-order valence-corrected chi connectivity index (χ4v) is 6.98. The van der Waals surface area contributed by atoms with Crippen molar-refractivity contribution in [2.75, 3.05) is 57.4 Å². The van der Waals surface area contributed by atoms with Gasteiger partial charge in [0.15, 0.2) is 0 Å². The summed E-state index contributed by atoms with van der Waals surface area (Å²) >= 11 is 3.83. The molecule has 1 aromatic rings. The molecule has 2 aliphatic heterocycles. The van der Waals surface area contributed by atoms with Crippen LogP contribution in [0.25, 0.3) is 11.6 Å². The topological polar surface area (TPSA) is 119 Å². The number of ether oxygens (including phenoxy) is 2. The van der Waals surface area contributed by atoms with Crippen molar-refractivity contribution in [3.05, 3.63) is 33.6 Å². The van der Waals surface area contributed by atoms with Gasteiger partial charge in [-0.05, 0) is 67.6 Å². The number of morpholine rings is 1. The Labute approximate surface area is 315 Å². The number of allylic oxidation sites excluding steroid dienone is 3. The van der Waals surface area contributed by atoms with Gasteiger partial charge in [0.2, 0.25) is 0 Å². The first-order valence-electron chi connectivity index (χ1n) is 18.4. The minimum atomic E-state index is -0.181. The molecular weight excluding hydrogens is 714 g/mol. The predicted octanol–water partition coefficient (Wildman–Crippen LogP) is 7.49. The molecule has 278 valence electrons. The van der Waals surface area contributed by atoms with Crippen molar-refractivity contribution in [3.63, 3.8) is 0 Å². The molecule has 1 fully saturated rings. The fraction of sp³-hybridized carbons (Fsp3) is 0.658. The highest BCUT2D eigenvalue weighted by Crippen LogP contribution is 2.40. The minimum Gasteiger partial charge on any atom is -0.463 e. The number of carbonyl (C=O) groups excluding carboxylic acids is 1. The number of aliphatic imine (C=N–C) groups is 2. The van der Waals surface area contributed by atoms with E-state index >= 15 is 0 Å². The first-order valence-corrected chi connectivity index (χ1v) is 19.2. The zero-order chi connectivity index (χ0) is 35.4. The number of amides is 1. The van der Waals surface area contributed by atoms with Crippen molar-refractivity contribution in [2.24, 2.45) is 21.1 Å². The summed E-state index contributed by atoms with van der Waals surface area (Å²) in [5.74, 6) is 0.600. The van der Waals surface area contributed by atoms with Gasteiger partial charge in [-0.1, -0.05) is 65.9 Å². The van der Waals surface area contributed by atoms with Gasteiger partial charge in [0.25, 0.3) is 5.91 Å². The quantitative estimate of drug-likeness (QED) is 0.145. The Morgan fingerprint density at radius 2 is 1.86 bits per heavy atom.